The highest BCUT2D eigenvalue weighted by Crippen LogP contribution is 2.73. The molecule has 0 bridgehead atoms. The number of H-pyrrole nitrogens is 1. The summed E-state index contributed by atoms with van der Waals surface area (Å²) < 4.78 is 0. The van der Waals surface area contributed by atoms with Crippen LogP contribution >= 0.6 is 0 Å². The van der Waals surface area contributed by atoms with Crippen molar-refractivity contribution in [2.75, 3.05) is 32.5 Å². The predicted molar refractivity (Wildman–Crippen MR) is 104 cm³/mol. The Morgan fingerprint density at radius 2 is 2.11 bits per heavy atom. The zero-order valence-electron chi connectivity index (χ0n) is 16.6. The number of rotatable bonds is 7. The minimum atomic E-state index is -0.124. The summed E-state index contributed by atoms with van der Waals surface area (Å²) in [6.45, 7) is 5.44. The first-order valence-electron chi connectivity index (χ1n) is 9.71. The Hall–Kier alpha value is -2.22. The molecule has 2 saturated carbocycles. The van der Waals surface area contributed by atoms with E-state index < -0.39 is 0 Å². The number of fused-ring (bicyclic) bond motifs is 1. The normalized spacial score (nSPS) is 24.0. The topological polar surface area (TPSA) is 98.8 Å². The van der Waals surface area contributed by atoms with Crippen LogP contribution in [0.3, 0.4) is 0 Å². The molecule has 8 nitrogen and oxygen atoms in total. The van der Waals surface area contributed by atoms with E-state index in [0.29, 0.717) is 11.1 Å². The Morgan fingerprint density at radius 3 is 2.74 bits per heavy atom. The van der Waals surface area contributed by atoms with Crippen LogP contribution in [0, 0.1) is 17.8 Å². The lowest BCUT2D eigenvalue weighted by molar-refractivity contribution is -0.125. The Balaban J connectivity index is 1.47. The number of aryl methyl sites for hydroxylation is 1. The van der Waals surface area contributed by atoms with Gasteiger partial charge in [-0.15, -0.1) is 0 Å². The summed E-state index contributed by atoms with van der Waals surface area (Å²) in [5.74, 6) is 0.913. The fourth-order valence-corrected chi connectivity index (χ4v) is 4.50. The van der Waals surface area contributed by atoms with Gasteiger partial charge in [-0.05, 0) is 52.6 Å². The van der Waals surface area contributed by atoms with E-state index in [4.69, 9.17) is 0 Å². The van der Waals surface area contributed by atoms with Gasteiger partial charge in [0.2, 0.25) is 5.91 Å². The molecular formula is C19H29N7O. The van der Waals surface area contributed by atoms with E-state index in [9.17, 15) is 4.79 Å². The van der Waals surface area contributed by atoms with Gasteiger partial charge in [-0.1, -0.05) is 6.42 Å². The maximum atomic E-state index is 12.4. The van der Waals surface area contributed by atoms with Crippen molar-refractivity contribution in [3.63, 3.8) is 0 Å². The maximum Gasteiger partial charge on any atom is 0.237 e. The molecule has 1 amide bonds. The minimum Gasteiger partial charge on any atom is -0.369 e. The van der Waals surface area contributed by atoms with E-state index in [0.717, 1.165) is 30.0 Å². The molecule has 0 aliphatic heterocycles. The molecule has 27 heavy (non-hydrogen) atoms. The SMILES string of the molecule is Cc1[nH]nc2ncnc(NCC3(CNC(=O)[C@@H](C)N(C)C)CC34CCC4)c12. The molecule has 2 aliphatic rings. The highest BCUT2D eigenvalue weighted by Gasteiger charge is 2.68. The van der Waals surface area contributed by atoms with Gasteiger partial charge in [0.05, 0.1) is 11.4 Å². The Morgan fingerprint density at radius 1 is 1.33 bits per heavy atom. The highest BCUT2D eigenvalue weighted by atomic mass is 16.2. The molecule has 2 fully saturated rings. The van der Waals surface area contributed by atoms with Gasteiger partial charge in [0.15, 0.2) is 5.65 Å². The lowest BCUT2D eigenvalue weighted by Crippen LogP contribution is -2.45. The van der Waals surface area contributed by atoms with Gasteiger partial charge >= 0.3 is 0 Å². The molecular weight excluding hydrogens is 342 g/mol. The van der Waals surface area contributed by atoms with Gasteiger partial charge in [-0.2, -0.15) is 5.10 Å². The molecule has 8 heteroatoms. The summed E-state index contributed by atoms with van der Waals surface area (Å²) in [7, 11) is 3.86. The Labute approximate surface area is 159 Å². The maximum absolute atomic E-state index is 12.4. The molecule has 2 heterocycles. The Kier molecular flexibility index (Phi) is 4.33. The van der Waals surface area contributed by atoms with Crippen molar-refractivity contribution in [2.45, 2.75) is 45.6 Å². The third-order valence-electron chi connectivity index (χ3n) is 6.87. The second kappa shape index (κ2) is 6.44. The van der Waals surface area contributed by atoms with Crippen LogP contribution < -0.4 is 10.6 Å². The quantitative estimate of drug-likeness (QED) is 0.685. The fourth-order valence-electron chi connectivity index (χ4n) is 4.50. The van der Waals surface area contributed by atoms with Crippen LogP contribution in [-0.4, -0.2) is 64.2 Å². The van der Waals surface area contributed by atoms with Crippen LogP contribution in [0.4, 0.5) is 5.82 Å². The first-order chi connectivity index (χ1) is 12.9. The minimum absolute atomic E-state index is 0.0934. The van der Waals surface area contributed by atoms with E-state index in [1.807, 2.05) is 32.8 Å². The van der Waals surface area contributed by atoms with Gasteiger partial charge in [0, 0.05) is 24.2 Å². The van der Waals surface area contributed by atoms with Crippen molar-refractivity contribution < 1.29 is 4.79 Å². The number of likely N-dealkylation sites (N-methyl/N-ethyl adjacent to an activating group) is 1. The molecule has 1 spiro atoms. The molecule has 4 rings (SSSR count). The average Bonchev–Trinajstić information content (AvgIpc) is 3.18. The van der Waals surface area contributed by atoms with Gasteiger partial charge < -0.3 is 10.6 Å². The molecule has 2 atom stereocenters. The van der Waals surface area contributed by atoms with Crippen LogP contribution in [0.2, 0.25) is 0 Å². The molecule has 2 aliphatic carbocycles. The Bertz CT molecular complexity index is 857. The summed E-state index contributed by atoms with van der Waals surface area (Å²) >= 11 is 0. The summed E-state index contributed by atoms with van der Waals surface area (Å²) in [6, 6.07) is -0.124. The number of carbonyl (C=O) groups excluding carboxylic acids is 1. The van der Waals surface area contributed by atoms with E-state index in [2.05, 4.69) is 30.8 Å². The molecule has 3 N–H and O–H groups in total. The second-order valence-corrected chi connectivity index (χ2v) is 8.57. The summed E-state index contributed by atoms with van der Waals surface area (Å²) in [4.78, 5) is 23.0. The molecule has 2 aromatic heterocycles. The number of nitrogens with zero attached hydrogens (tertiary/aromatic N) is 4. The van der Waals surface area contributed by atoms with E-state index in [1.165, 1.54) is 25.7 Å². The molecule has 146 valence electrons. The summed E-state index contributed by atoms with van der Waals surface area (Å²) in [5, 5.41) is 14.9. The summed E-state index contributed by atoms with van der Waals surface area (Å²) in [6.07, 6.45) is 6.53. The monoisotopic (exact) mass is 371 g/mol. The molecule has 1 unspecified atom stereocenters. The van der Waals surface area contributed by atoms with Gasteiger partial charge in [-0.3, -0.25) is 14.8 Å². The first kappa shape index (κ1) is 18.2. The van der Waals surface area contributed by atoms with Crippen LogP contribution in [0.5, 0.6) is 0 Å². The first-order valence-corrected chi connectivity index (χ1v) is 9.71. The van der Waals surface area contributed by atoms with Crippen LogP contribution in [0.25, 0.3) is 11.0 Å². The van der Waals surface area contributed by atoms with Crippen molar-refractivity contribution in [2.24, 2.45) is 10.8 Å². The number of carbonyl (C=O) groups is 1. The standard InChI is InChI=1S/C19H29N7O/c1-12-14-15(22-11-23-16(14)25-24-12)20-9-19(8-18(19)6-5-7-18)10-21-17(27)13(2)26(3)4/h11,13H,5-10H2,1-4H3,(H,21,27)(H2,20,22,23,24,25)/t13-,19?/m1/s1. The highest BCUT2D eigenvalue weighted by molar-refractivity contribution is 5.88. The van der Waals surface area contributed by atoms with Gasteiger partial charge in [-0.25, -0.2) is 9.97 Å². The van der Waals surface area contributed by atoms with E-state index in [1.54, 1.807) is 6.33 Å². The van der Waals surface area contributed by atoms with Crippen molar-refractivity contribution in [3.05, 3.63) is 12.0 Å². The second-order valence-electron chi connectivity index (χ2n) is 8.57. The average molecular weight is 371 g/mol. The number of amides is 1. The van der Waals surface area contributed by atoms with Crippen LogP contribution in [-0.2, 0) is 4.79 Å². The van der Waals surface area contributed by atoms with Crippen molar-refractivity contribution >= 4 is 22.8 Å². The number of anilines is 1. The van der Waals surface area contributed by atoms with Crippen molar-refractivity contribution in [3.8, 4) is 0 Å². The third kappa shape index (κ3) is 2.96. The van der Waals surface area contributed by atoms with E-state index in [-0.39, 0.29) is 17.4 Å². The van der Waals surface area contributed by atoms with E-state index >= 15 is 0 Å². The number of hydrogen-bond acceptors (Lipinski definition) is 6. The van der Waals surface area contributed by atoms with Crippen molar-refractivity contribution in [1.82, 2.24) is 30.4 Å². The lowest BCUT2D eigenvalue weighted by Gasteiger charge is -2.34. The molecule has 2 aromatic rings. The fraction of sp³-hybridized carbons (Fsp3) is 0.684. The molecule has 0 aromatic carbocycles. The van der Waals surface area contributed by atoms with Crippen molar-refractivity contribution in [1.29, 1.82) is 0 Å². The van der Waals surface area contributed by atoms with Gasteiger partial charge in [0.1, 0.15) is 12.1 Å². The number of hydrogen-bond donors (Lipinski definition) is 3. The largest absolute Gasteiger partial charge is 0.369 e. The molecule has 0 radical (unpaired) electrons. The molecule has 0 saturated heterocycles. The number of nitrogens with one attached hydrogen (secondary N) is 3. The zero-order chi connectivity index (χ0) is 19.2. The summed E-state index contributed by atoms with van der Waals surface area (Å²) in [5.41, 5.74) is 2.15. The van der Waals surface area contributed by atoms with Crippen LogP contribution in [0.1, 0.15) is 38.3 Å². The number of aromatic nitrogens is 4. The number of aromatic amines is 1. The lowest BCUT2D eigenvalue weighted by atomic mass is 9.75. The smallest absolute Gasteiger partial charge is 0.237 e. The third-order valence-corrected chi connectivity index (χ3v) is 6.87. The zero-order valence-corrected chi connectivity index (χ0v) is 16.6. The predicted octanol–water partition coefficient (Wildman–Crippen LogP) is 1.70. The van der Waals surface area contributed by atoms with Crippen LogP contribution in [0.15, 0.2) is 6.33 Å². The van der Waals surface area contributed by atoms with Gasteiger partial charge in [0.25, 0.3) is 0 Å².